The zero-order valence-electron chi connectivity index (χ0n) is 8.08. The molecule has 0 aromatic carbocycles. The summed E-state index contributed by atoms with van der Waals surface area (Å²) in [5, 5.41) is 0. The molecule has 0 aromatic heterocycles. The summed E-state index contributed by atoms with van der Waals surface area (Å²) < 4.78 is 14.2. The molecular weight excluding hydrogens is 172 g/mol. The Morgan fingerprint density at radius 2 is 1.33 bits per heavy atom. The van der Waals surface area contributed by atoms with Crippen LogP contribution >= 0.6 is 0 Å². The molecule has 12 heavy (non-hydrogen) atoms. The van der Waals surface area contributed by atoms with E-state index in [2.05, 4.69) is 12.2 Å². The van der Waals surface area contributed by atoms with Crippen LogP contribution in [0.15, 0.2) is 12.2 Å². The van der Waals surface area contributed by atoms with Crippen LogP contribution in [0.3, 0.4) is 0 Å². The predicted octanol–water partition coefficient (Wildman–Crippen LogP) is 1.37. The summed E-state index contributed by atoms with van der Waals surface area (Å²) in [5.41, 5.74) is 0. The molecule has 1 rings (SSSR count). The van der Waals surface area contributed by atoms with E-state index in [9.17, 15) is 0 Å². The summed E-state index contributed by atoms with van der Waals surface area (Å²) in [4.78, 5) is 0. The molecule has 0 amide bonds. The van der Waals surface area contributed by atoms with Crippen molar-refractivity contribution in [1.82, 2.24) is 0 Å². The third-order valence-electron chi connectivity index (χ3n) is 1.49. The van der Waals surface area contributed by atoms with Crippen LogP contribution in [0.4, 0.5) is 0 Å². The van der Waals surface area contributed by atoms with Crippen molar-refractivity contribution in [3.05, 3.63) is 12.2 Å². The zero-order chi connectivity index (χ0) is 9.23. The summed E-state index contributed by atoms with van der Waals surface area (Å²) in [6, 6.07) is 0. The first kappa shape index (κ1) is 11.8. The Labute approximate surface area is 76.3 Å². The molecule has 0 unspecified atom stereocenters. The number of rotatable bonds is 3. The van der Waals surface area contributed by atoms with Gasteiger partial charge in [0, 0.05) is 21.3 Å². The van der Waals surface area contributed by atoms with E-state index in [1.807, 2.05) is 0 Å². The summed E-state index contributed by atoms with van der Waals surface area (Å²) in [6.07, 6.45) is 8.50. The fraction of sp³-hybridized carbons (Fsp3) is 0.750. The molecule has 0 fully saturated rings. The first-order valence-corrected chi connectivity index (χ1v) is 5.50. The van der Waals surface area contributed by atoms with Gasteiger partial charge in [0.05, 0.1) is 0 Å². The van der Waals surface area contributed by atoms with Crippen molar-refractivity contribution in [2.24, 2.45) is 0 Å². The number of allylic oxidation sites excluding steroid dienone is 2. The van der Waals surface area contributed by atoms with Crippen LogP contribution in [0.25, 0.3) is 0 Å². The first-order chi connectivity index (χ1) is 5.85. The average Bonchev–Trinajstić information content (AvgIpc) is 2.64. The van der Waals surface area contributed by atoms with E-state index in [0.717, 1.165) is 0 Å². The van der Waals surface area contributed by atoms with Gasteiger partial charge < -0.3 is 13.3 Å². The van der Waals surface area contributed by atoms with Crippen molar-refractivity contribution in [2.75, 3.05) is 21.3 Å². The van der Waals surface area contributed by atoms with E-state index in [0.29, 0.717) is 0 Å². The molecule has 72 valence electrons. The molecule has 4 heteroatoms. The van der Waals surface area contributed by atoms with E-state index >= 15 is 0 Å². The molecule has 0 aromatic rings. The monoisotopic (exact) mass is 190 g/mol. The van der Waals surface area contributed by atoms with Crippen molar-refractivity contribution >= 4 is 9.53 Å². The van der Waals surface area contributed by atoms with Crippen molar-refractivity contribution < 1.29 is 13.3 Å². The van der Waals surface area contributed by atoms with Gasteiger partial charge in [0.25, 0.3) is 0 Å². The molecule has 0 heterocycles. The van der Waals surface area contributed by atoms with Gasteiger partial charge >= 0.3 is 9.53 Å². The lowest BCUT2D eigenvalue weighted by Crippen LogP contribution is -2.21. The van der Waals surface area contributed by atoms with Crippen LogP contribution < -0.4 is 0 Å². The first-order valence-electron chi connectivity index (χ1n) is 4.08. The van der Waals surface area contributed by atoms with Crippen LogP contribution in [-0.4, -0.2) is 30.9 Å². The molecule has 1 aliphatic rings. The van der Waals surface area contributed by atoms with Gasteiger partial charge in [-0.3, -0.25) is 0 Å². The van der Waals surface area contributed by atoms with Gasteiger partial charge in [0.15, 0.2) is 0 Å². The van der Waals surface area contributed by atoms with Gasteiger partial charge in [0.2, 0.25) is 0 Å². The fourth-order valence-corrected chi connectivity index (χ4v) is 1.46. The summed E-state index contributed by atoms with van der Waals surface area (Å²) in [5.74, 6) is 0. The minimum Gasteiger partial charge on any atom is -0.379 e. The van der Waals surface area contributed by atoms with Gasteiger partial charge in [-0.05, 0) is 19.3 Å². The quantitative estimate of drug-likeness (QED) is 0.497. The van der Waals surface area contributed by atoms with E-state index in [4.69, 9.17) is 13.3 Å². The highest BCUT2D eigenvalue weighted by molar-refractivity contribution is 6.36. The maximum Gasteiger partial charge on any atom is 0.483 e. The molecule has 0 radical (unpaired) electrons. The summed E-state index contributed by atoms with van der Waals surface area (Å²) in [7, 11) is 3.05. The minimum atomic E-state index is -1.67. The molecule has 0 N–H and O–H groups in total. The van der Waals surface area contributed by atoms with Crippen molar-refractivity contribution in [3.63, 3.8) is 0 Å². The van der Waals surface area contributed by atoms with E-state index in [1.54, 1.807) is 21.3 Å². The molecule has 0 atom stereocenters. The Balaban J connectivity index is 0.000000211. The SMILES string of the molecule is C1=CCCC1.CO[SiH](OC)OC. The number of hydrogen-bond donors (Lipinski definition) is 0. The van der Waals surface area contributed by atoms with Crippen LogP contribution in [0.5, 0.6) is 0 Å². The third-order valence-corrected chi connectivity index (χ3v) is 2.64. The molecule has 0 bridgehead atoms. The molecule has 0 saturated heterocycles. The lowest BCUT2D eigenvalue weighted by Gasteiger charge is -2.05. The Morgan fingerprint density at radius 3 is 1.42 bits per heavy atom. The molecule has 0 spiro atoms. The van der Waals surface area contributed by atoms with Gasteiger partial charge in [0.1, 0.15) is 0 Å². The smallest absolute Gasteiger partial charge is 0.379 e. The second-order valence-corrected chi connectivity index (χ2v) is 4.39. The van der Waals surface area contributed by atoms with Gasteiger partial charge in [-0.1, -0.05) is 12.2 Å². The highest BCUT2D eigenvalue weighted by Crippen LogP contribution is 2.05. The lowest BCUT2D eigenvalue weighted by atomic mass is 10.4. The summed E-state index contributed by atoms with van der Waals surface area (Å²) >= 11 is 0. The molecule has 0 saturated carbocycles. The average molecular weight is 190 g/mol. The van der Waals surface area contributed by atoms with E-state index in [1.165, 1.54) is 19.3 Å². The molecule has 3 nitrogen and oxygen atoms in total. The Kier molecular flexibility index (Phi) is 8.81. The standard InChI is InChI=1S/C5H8.C3H10O3Si/c1-2-4-5-3-1;1-4-7(5-2)6-3/h1-2H,3-5H2;7H,1-3H3. The maximum absolute atomic E-state index is 4.74. The Bertz CT molecular complexity index is 101. The third kappa shape index (κ3) is 6.54. The van der Waals surface area contributed by atoms with Crippen molar-refractivity contribution in [2.45, 2.75) is 19.3 Å². The van der Waals surface area contributed by atoms with Crippen molar-refractivity contribution in [1.29, 1.82) is 0 Å². The summed E-state index contributed by atoms with van der Waals surface area (Å²) in [6.45, 7) is 0. The second-order valence-electron chi connectivity index (χ2n) is 2.40. The van der Waals surface area contributed by atoms with Crippen LogP contribution in [0.1, 0.15) is 19.3 Å². The van der Waals surface area contributed by atoms with Gasteiger partial charge in [-0.2, -0.15) is 0 Å². The molecular formula is C8H18O3Si. The predicted molar refractivity (Wildman–Crippen MR) is 51.2 cm³/mol. The van der Waals surface area contributed by atoms with E-state index in [-0.39, 0.29) is 0 Å². The lowest BCUT2D eigenvalue weighted by molar-refractivity contribution is 0.163. The maximum atomic E-state index is 4.74. The van der Waals surface area contributed by atoms with Crippen LogP contribution in [-0.2, 0) is 13.3 Å². The fourth-order valence-electron chi connectivity index (χ4n) is 0.878. The molecule has 0 aliphatic heterocycles. The van der Waals surface area contributed by atoms with Gasteiger partial charge in [-0.15, -0.1) is 0 Å². The minimum absolute atomic E-state index is 1.32. The largest absolute Gasteiger partial charge is 0.483 e. The zero-order valence-corrected chi connectivity index (χ0v) is 9.23. The Hall–Kier alpha value is -0.163. The topological polar surface area (TPSA) is 27.7 Å². The van der Waals surface area contributed by atoms with E-state index < -0.39 is 9.53 Å². The highest BCUT2D eigenvalue weighted by atomic mass is 28.3. The van der Waals surface area contributed by atoms with Gasteiger partial charge in [-0.25, -0.2) is 0 Å². The Morgan fingerprint density at radius 1 is 0.917 bits per heavy atom. The van der Waals surface area contributed by atoms with Crippen LogP contribution in [0, 0.1) is 0 Å². The second kappa shape index (κ2) is 8.93. The highest BCUT2D eigenvalue weighted by Gasteiger charge is 2.04. The normalized spacial score (nSPS) is 14.7. The van der Waals surface area contributed by atoms with Crippen molar-refractivity contribution in [3.8, 4) is 0 Å². The molecule has 1 aliphatic carbocycles. The van der Waals surface area contributed by atoms with Crippen LogP contribution in [0.2, 0.25) is 0 Å². The number of hydrogen-bond acceptors (Lipinski definition) is 3.